The van der Waals surface area contributed by atoms with Crippen LogP contribution in [0.4, 0.5) is 5.69 Å². The van der Waals surface area contributed by atoms with Crippen LogP contribution in [-0.2, 0) is 4.79 Å². The first-order chi connectivity index (χ1) is 16.3. The Morgan fingerprint density at radius 1 is 1.00 bits per heavy atom. The maximum Gasteiger partial charge on any atom is 0.260 e. The van der Waals surface area contributed by atoms with E-state index in [4.69, 9.17) is 4.74 Å². The molecule has 0 bridgehead atoms. The molecule has 2 N–H and O–H groups in total. The monoisotopic (exact) mass is 465 g/mol. The van der Waals surface area contributed by atoms with Gasteiger partial charge in [0.1, 0.15) is 5.75 Å². The topological polar surface area (TPSA) is 87.7 Å². The third-order valence-electron chi connectivity index (χ3n) is 6.37. The van der Waals surface area contributed by atoms with Crippen molar-refractivity contribution in [3.63, 3.8) is 0 Å². The number of hydrogen-bond acceptors (Lipinski definition) is 4. The molecule has 3 rings (SSSR count). The zero-order valence-electron chi connectivity index (χ0n) is 20.5. The molecule has 1 aliphatic rings. The molecule has 0 aliphatic carbocycles. The van der Waals surface area contributed by atoms with Gasteiger partial charge in [0.15, 0.2) is 6.61 Å². The van der Waals surface area contributed by atoms with Crippen molar-refractivity contribution >= 4 is 23.4 Å². The van der Waals surface area contributed by atoms with Gasteiger partial charge in [-0.2, -0.15) is 0 Å². The Morgan fingerprint density at radius 3 is 2.29 bits per heavy atom. The molecule has 1 fully saturated rings. The van der Waals surface area contributed by atoms with E-state index in [1.54, 1.807) is 48.5 Å². The zero-order valence-corrected chi connectivity index (χ0v) is 20.5. The molecule has 1 heterocycles. The molecule has 7 heteroatoms. The average Bonchev–Trinajstić information content (AvgIpc) is 2.83. The van der Waals surface area contributed by atoms with E-state index in [2.05, 4.69) is 24.5 Å². The van der Waals surface area contributed by atoms with Gasteiger partial charge in [-0.05, 0) is 82.9 Å². The highest BCUT2D eigenvalue weighted by Gasteiger charge is 2.29. The second-order valence-corrected chi connectivity index (χ2v) is 9.03. The molecule has 1 saturated heterocycles. The summed E-state index contributed by atoms with van der Waals surface area (Å²) in [5.74, 6) is -0.0530. The summed E-state index contributed by atoms with van der Waals surface area (Å²) in [5, 5.41) is 5.74. The van der Waals surface area contributed by atoms with Crippen LogP contribution in [0, 0.1) is 0 Å². The van der Waals surface area contributed by atoms with E-state index in [9.17, 15) is 14.4 Å². The molecule has 3 unspecified atom stereocenters. The van der Waals surface area contributed by atoms with Crippen LogP contribution < -0.4 is 15.4 Å². The van der Waals surface area contributed by atoms with Crippen molar-refractivity contribution in [2.45, 2.75) is 71.5 Å². The highest BCUT2D eigenvalue weighted by atomic mass is 16.5. The molecular formula is C27H35N3O4. The molecule has 34 heavy (non-hydrogen) atoms. The molecule has 0 spiro atoms. The molecule has 2 aromatic rings. The molecule has 0 saturated carbocycles. The summed E-state index contributed by atoms with van der Waals surface area (Å²) >= 11 is 0. The second-order valence-electron chi connectivity index (χ2n) is 9.03. The maximum atomic E-state index is 12.8. The lowest BCUT2D eigenvalue weighted by atomic mass is 9.97. The molecular weight excluding hydrogens is 430 g/mol. The average molecular weight is 466 g/mol. The lowest BCUT2D eigenvalue weighted by molar-refractivity contribution is -0.139. The van der Waals surface area contributed by atoms with Crippen molar-refractivity contribution in [1.29, 1.82) is 0 Å². The minimum atomic E-state index is -0.331. The molecule has 7 nitrogen and oxygen atoms in total. The van der Waals surface area contributed by atoms with Gasteiger partial charge < -0.3 is 20.3 Å². The quantitative estimate of drug-likeness (QED) is 0.595. The minimum Gasteiger partial charge on any atom is -0.484 e. The fraction of sp³-hybridized carbons (Fsp3) is 0.444. The van der Waals surface area contributed by atoms with Crippen molar-refractivity contribution < 1.29 is 19.1 Å². The van der Waals surface area contributed by atoms with Crippen LogP contribution >= 0.6 is 0 Å². The van der Waals surface area contributed by atoms with Gasteiger partial charge >= 0.3 is 0 Å². The van der Waals surface area contributed by atoms with E-state index < -0.39 is 0 Å². The number of benzene rings is 2. The van der Waals surface area contributed by atoms with Crippen molar-refractivity contribution in [2.75, 3.05) is 11.9 Å². The van der Waals surface area contributed by atoms with E-state index in [0.29, 0.717) is 22.6 Å². The maximum absolute atomic E-state index is 12.8. The summed E-state index contributed by atoms with van der Waals surface area (Å²) < 4.78 is 5.69. The number of rotatable bonds is 8. The largest absolute Gasteiger partial charge is 0.484 e. The minimum absolute atomic E-state index is 0.0196. The summed E-state index contributed by atoms with van der Waals surface area (Å²) in [6, 6.07) is 14.0. The molecule has 3 atom stereocenters. The number of hydrogen-bond donors (Lipinski definition) is 2. The summed E-state index contributed by atoms with van der Waals surface area (Å²) in [5.41, 5.74) is 1.29. The number of likely N-dealkylation sites (tertiary alicyclic amines) is 1. The first-order valence-electron chi connectivity index (χ1n) is 12.1. The van der Waals surface area contributed by atoms with Gasteiger partial charge in [-0.25, -0.2) is 0 Å². The Labute approximate surface area is 201 Å². The third kappa shape index (κ3) is 6.37. The fourth-order valence-electron chi connectivity index (χ4n) is 4.22. The van der Waals surface area contributed by atoms with Gasteiger partial charge in [-0.3, -0.25) is 14.4 Å². The Bertz CT molecular complexity index is 995. The van der Waals surface area contributed by atoms with Crippen LogP contribution in [0.25, 0.3) is 0 Å². The molecule has 1 aliphatic heterocycles. The first kappa shape index (κ1) is 25.3. The molecule has 3 amide bonds. The van der Waals surface area contributed by atoms with Crippen LogP contribution in [0.1, 0.15) is 74.1 Å². The number of carbonyl (C=O) groups is 3. The number of piperidine rings is 1. The summed E-state index contributed by atoms with van der Waals surface area (Å²) in [7, 11) is 0. The van der Waals surface area contributed by atoms with Gasteiger partial charge in [0, 0.05) is 23.7 Å². The zero-order chi connectivity index (χ0) is 24.7. The smallest absolute Gasteiger partial charge is 0.260 e. The van der Waals surface area contributed by atoms with E-state index in [-0.39, 0.29) is 42.5 Å². The summed E-state index contributed by atoms with van der Waals surface area (Å²) in [6.07, 6.45) is 3.99. The number of nitrogens with zero attached hydrogens (tertiary/aromatic N) is 1. The standard InChI is InChI=1S/C27H35N3O4/c1-5-18(2)28-27(33)23-11-6-7-12-24(23)29-26(32)21-13-15-22(16-14-21)34-17-25(31)30-19(3)9-8-10-20(30)4/h6-7,11-16,18-20H,5,8-10,17H2,1-4H3,(H,28,33)(H,29,32). The van der Waals surface area contributed by atoms with Gasteiger partial charge in [0.2, 0.25) is 0 Å². The van der Waals surface area contributed by atoms with E-state index in [1.165, 1.54) is 0 Å². The lowest BCUT2D eigenvalue weighted by Crippen LogP contribution is -2.49. The first-order valence-corrected chi connectivity index (χ1v) is 12.1. The van der Waals surface area contributed by atoms with Crippen molar-refractivity contribution in [2.24, 2.45) is 0 Å². The number of anilines is 1. The second kappa shape index (κ2) is 11.7. The number of nitrogens with one attached hydrogen (secondary N) is 2. The van der Waals surface area contributed by atoms with Crippen LogP contribution in [-0.4, -0.2) is 47.4 Å². The number of para-hydroxylation sites is 1. The molecule has 2 aromatic carbocycles. The normalized spacial score (nSPS) is 18.6. The summed E-state index contributed by atoms with van der Waals surface area (Å²) in [4.78, 5) is 39.9. The van der Waals surface area contributed by atoms with Gasteiger partial charge in [-0.15, -0.1) is 0 Å². The van der Waals surface area contributed by atoms with Crippen LogP contribution in [0.3, 0.4) is 0 Å². The predicted octanol–water partition coefficient (Wildman–Crippen LogP) is 4.64. The van der Waals surface area contributed by atoms with E-state index in [1.807, 2.05) is 18.7 Å². The van der Waals surface area contributed by atoms with Crippen LogP contribution in [0.2, 0.25) is 0 Å². The number of carbonyl (C=O) groups excluding carboxylic acids is 3. The molecule has 0 radical (unpaired) electrons. The fourth-order valence-corrected chi connectivity index (χ4v) is 4.22. The van der Waals surface area contributed by atoms with Gasteiger partial charge in [0.25, 0.3) is 17.7 Å². The SMILES string of the molecule is CCC(C)NC(=O)c1ccccc1NC(=O)c1ccc(OCC(=O)N2C(C)CCCC2C)cc1. The predicted molar refractivity (Wildman–Crippen MR) is 133 cm³/mol. The van der Waals surface area contributed by atoms with Crippen molar-refractivity contribution in [3.8, 4) is 5.75 Å². The number of ether oxygens (including phenoxy) is 1. The van der Waals surface area contributed by atoms with Crippen LogP contribution in [0.15, 0.2) is 48.5 Å². The van der Waals surface area contributed by atoms with Crippen LogP contribution in [0.5, 0.6) is 5.75 Å². The highest BCUT2D eigenvalue weighted by Crippen LogP contribution is 2.23. The van der Waals surface area contributed by atoms with Crippen molar-refractivity contribution in [3.05, 3.63) is 59.7 Å². The van der Waals surface area contributed by atoms with E-state index >= 15 is 0 Å². The Hall–Kier alpha value is -3.35. The summed E-state index contributed by atoms with van der Waals surface area (Å²) in [6.45, 7) is 8.06. The molecule has 182 valence electrons. The number of amides is 3. The van der Waals surface area contributed by atoms with Gasteiger partial charge in [-0.1, -0.05) is 19.1 Å². The van der Waals surface area contributed by atoms with Crippen molar-refractivity contribution in [1.82, 2.24) is 10.2 Å². The van der Waals surface area contributed by atoms with E-state index in [0.717, 1.165) is 25.7 Å². The third-order valence-corrected chi connectivity index (χ3v) is 6.37. The Balaban J connectivity index is 1.60. The lowest BCUT2D eigenvalue weighted by Gasteiger charge is -2.38. The molecule has 0 aromatic heterocycles. The van der Waals surface area contributed by atoms with Gasteiger partial charge in [0.05, 0.1) is 11.3 Å². The highest BCUT2D eigenvalue weighted by molar-refractivity contribution is 6.09. The Kier molecular flexibility index (Phi) is 8.68. The Morgan fingerprint density at radius 2 is 1.65 bits per heavy atom.